The largest absolute Gasteiger partial charge is 0.370 e. The highest BCUT2D eigenvalue weighted by atomic mass is 16.2. The van der Waals surface area contributed by atoms with Crippen molar-refractivity contribution in [2.45, 2.75) is 96.8 Å². The van der Waals surface area contributed by atoms with Crippen molar-refractivity contribution in [3.63, 3.8) is 0 Å². The molecule has 0 aliphatic rings. The molecule has 0 spiro atoms. The number of nitrogens with zero attached hydrogens (tertiary/aromatic N) is 1. The third-order valence-electron chi connectivity index (χ3n) is 8.81. The second kappa shape index (κ2) is 23.0. The molecule has 308 valence electrons. The minimum absolute atomic E-state index is 0.0293. The van der Waals surface area contributed by atoms with Crippen LogP contribution in [0.3, 0.4) is 0 Å². The van der Waals surface area contributed by atoms with Crippen molar-refractivity contribution >= 4 is 58.2 Å². The molecule has 0 saturated heterocycles. The van der Waals surface area contributed by atoms with Crippen LogP contribution < -0.4 is 43.4 Å². The first kappa shape index (κ1) is 45.1. The van der Waals surface area contributed by atoms with Gasteiger partial charge < -0.3 is 43.0 Å². The number of aromatic amines is 1. The molecule has 17 nitrogen and oxygen atoms in total. The smallest absolute Gasteiger partial charge is 0.249 e. The molecule has 57 heavy (non-hydrogen) atoms. The van der Waals surface area contributed by atoms with Gasteiger partial charge in [0.05, 0.1) is 6.54 Å². The van der Waals surface area contributed by atoms with Gasteiger partial charge in [0.15, 0.2) is 5.96 Å². The van der Waals surface area contributed by atoms with Crippen LogP contribution in [0.1, 0.15) is 70.9 Å². The normalized spacial score (nSPS) is 13.0. The number of hydrogen-bond acceptors (Lipinski definition) is 8. The number of para-hydroxylation sites is 1. The van der Waals surface area contributed by atoms with Gasteiger partial charge in [0.25, 0.3) is 0 Å². The zero-order chi connectivity index (χ0) is 41.9. The Morgan fingerprint density at radius 3 is 2.05 bits per heavy atom. The van der Waals surface area contributed by atoms with Gasteiger partial charge in [-0.3, -0.25) is 43.9 Å². The van der Waals surface area contributed by atoms with Gasteiger partial charge in [-0.1, -0.05) is 69.3 Å². The second-order valence-corrected chi connectivity index (χ2v) is 14.2. The number of amides is 7. The maximum absolute atomic E-state index is 14.0. The van der Waals surface area contributed by atoms with Crippen LogP contribution >= 0.6 is 0 Å². The maximum Gasteiger partial charge on any atom is 0.249 e. The van der Waals surface area contributed by atoms with Gasteiger partial charge in [0.1, 0.15) is 24.2 Å². The van der Waals surface area contributed by atoms with Crippen molar-refractivity contribution in [3.8, 4) is 0 Å². The number of benzene rings is 2. The Kier molecular flexibility index (Phi) is 18.2. The average Bonchev–Trinajstić information content (AvgIpc) is 3.56. The number of aromatic nitrogens is 1. The van der Waals surface area contributed by atoms with E-state index in [-0.39, 0.29) is 56.9 Å². The fourth-order valence-electron chi connectivity index (χ4n) is 6.10. The van der Waals surface area contributed by atoms with E-state index in [1.165, 1.54) is 6.92 Å². The predicted molar refractivity (Wildman–Crippen MR) is 216 cm³/mol. The average molecular weight is 789 g/mol. The number of nitrogens with one attached hydrogen (secondary N) is 7. The number of aliphatic imine (C=N–C) groups is 1. The zero-order valence-electron chi connectivity index (χ0n) is 33.0. The van der Waals surface area contributed by atoms with Crippen LogP contribution in [0.4, 0.5) is 0 Å². The minimum Gasteiger partial charge on any atom is -0.370 e. The molecule has 4 atom stereocenters. The quantitative estimate of drug-likeness (QED) is 0.0391. The van der Waals surface area contributed by atoms with E-state index in [2.05, 4.69) is 41.9 Å². The van der Waals surface area contributed by atoms with E-state index in [0.29, 0.717) is 6.42 Å². The molecule has 1 heterocycles. The summed E-state index contributed by atoms with van der Waals surface area (Å²) in [5.41, 5.74) is 13.3. The van der Waals surface area contributed by atoms with Gasteiger partial charge in [-0.2, -0.15) is 0 Å². The molecule has 0 saturated carbocycles. The summed E-state index contributed by atoms with van der Waals surface area (Å²) in [5.74, 6) is -4.51. The lowest BCUT2D eigenvalue weighted by Gasteiger charge is -2.26. The summed E-state index contributed by atoms with van der Waals surface area (Å²) < 4.78 is 0. The Morgan fingerprint density at radius 1 is 0.737 bits per heavy atom. The number of guanidine groups is 1. The van der Waals surface area contributed by atoms with Crippen LogP contribution in [0.25, 0.3) is 10.9 Å². The van der Waals surface area contributed by atoms with Gasteiger partial charge in [-0.15, -0.1) is 0 Å². The number of carbonyl (C=O) groups is 7. The predicted octanol–water partition coefficient (Wildman–Crippen LogP) is 0.571. The lowest BCUT2D eigenvalue weighted by molar-refractivity contribution is -0.136. The Balaban J connectivity index is 1.78. The molecule has 3 aromatic rings. The van der Waals surface area contributed by atoms with E-state index >= 15 is 0 Å². The molecule has 0 aliphatic heterocycles. The lowest BCUT2D eigenvalue weighted by atomic mass is 10.0. The summed E-state index contributed by atoms with van der Waals surface area (Å²) in [7, 11) is 0. The number of fused-ring (bicyclic) bond motifs is 1. The summed E-state index contributed by atoms with van der Waals surface area (Å²) in [4.78, 5) is 98.9. The van der Waals surface area contributed by atoms with Crippen LogP contribution in [-0.4, -0.2) is 89.6 Å². The van der Waals surface area contributed by atoms with Gasteiger partial charge in [-0.05, 0) is 48.8 Å². The molecular weight excluding hydrogens is 733 g/mol. The third-order valence-corrected chi connectivity index (χ3v) is 8.81. The first-order valence-corrected chi connectivity index (χ1v) is 19.1. The number of nitrogens with two attached hydrogens (primary N) is 2. The summed E-state index contributed by atoms with van der Waals surface area (Å²) in [5, 5.41) is 16.4. The SMILES string of the molecule is CCCC(=O)NC(=O)[C@H](Cc1c[nH]c2ccccc12)NC(=O)[C@@H](CCCN=C(N)N)NC(=O)[C@H](CC(C)C)NC(=O)CNC(=O)[C@H](Cc1ccccc1)NC(C)=O. The number of rotatable bonds is 22. The van der Waals surface area contributed by atoms with Crippen molar-refractivity contribution in [1.82, 2.24) is 36.9 Å². The number of H-pyrrole nitrogens is 1. The molecule has 0 fully saturated rings. The Morgan fingerprint density at radius 2 is 1.39 bits per heavy atom. The highest BCUT2D eigenvalue weighted by Gasteiger charge is 2.31. The molecule has 7 amide bonds. The van der Waals surface area contributed by atoms with E-state index in [4.69, 9.17) is 11.5 Å². The minimum atomic E-state index is -1.21. The molecule has 1 aromatic heterocycles. The van der Waals surface area contributed by atoms with Gasteiger partial charge >= 0.3 is 0 Å². The molecule has 11 N–H and O–H groups in total. The topological polar surface area (TPSA) is 272 Å². The first-order valence-electron chi connectivity index (χ1n) is 19.1. The van der Waals surface area contributed by atoms with Gasteiger partial charge in [0, 0.05) is 49.8 Å². The molecule has 0 bridgehead atoms. The first-order chi connectivity index (χ1) is 27.2. The highest BCUT2D eigenvalue weighted by molar-refractivity contribution is 6.01. The van der Waals surface area contributed by atoms with Crippen molar-refractivity contribution in [1.29, 1.82) is 0 Å². The number of imide groups is 1. The molecule has 0 aliphatic carbocycles. The van der Waals surface area contributed by atoms with Gasteiger partial charge in [0.2, 0.25) is 41.4 Å². The van der Waals surface area contributed by atoms with Crippen LogP contribution in [0.15, 0.2) is 65.8 Å². The fraction of sp³-hybridized carbons (Fsp3) is 0.450. The zero-order valence-corrected chi connectivity index (χ0v) is 33.0. The molecule has 2 aromatic carbocycles. The highest BCUT2D eigenvalue weighted by Crippen LogP contribution is 2.19. The number of hydrogen-bond donors (Lipinski definition) is 9. The van der Waals surface area contributed by atoms with Crippen LogP contribution in [0, 0.1) is 5.92 Å². The molecule has 0 unspecified atom stereocenters. The fourth-order valence-corrected chi connectivity index (χ4v) is 6.10. The van der Waals surface area contributed by atoms with Crippen molar-refractivity contribution < 1.29 is 33.6 Å². The van der Waals surface area contributed by atoms with Crippen LogP contribution in [-0.2, 0) is 46.4 Å². The Labute approximate surface area is 332 Å². The maximum atomic E-state index is 14.0. The second-order valence-electron chi connectivity index (χ2n) is 14.2. The lowest BCUT2D eigenvalue weighted by Crippen LogP contribution is -2.58. The molecule has 17 heteroatoms. The molecule has 3 rings (SSSR count). The molecule has 0 radical (unpaired) electrons. The summed E-state index contributed by atoms with van der Waals surface area (Å²) >= 11 is 0. The van der Waals surface area contributed by atoms with E-state index in [9.17, 15) is 33.6 Å². The van der Waals surface area contributed by atoms with Crippen molar-refractivity contribution in [2.24, 2.45) is 22.4 Å². The summed E-state index contributed by atoms with van der Waals surface area (Å²) in [6, 6.07) is 12.0. The van der Waals surface area contributed by atoms with Crippen LogP contribution in [0.5, 0.6) is 0 Å². The monoisotopic (exact) mass is 788 g/mol. The van der Waals surface area contributed by atoms with E-state index in [1.54, 1.807) is 25.3 Å². The van der Waals surface area contributed by atoms with Gasteiger partial charge in [-0.25, -0.2) is 0 Å². The molecular formula is C40H56N10O7. The summed E-state index contributed by atoms with van der Waals surface area (Å²) in [6.07, 6.45) is 3.06. The van der Waals surface area contributed by atoms with Crippen molar-refractivity contribution in [3.05, 3.63) is 71.9 Å². The van der Waals surface area contributed by atoms with Crippen molar-refractivity contribution in [2.75, 3.05) is 13.1 Å². The Bertz CT molecular complexity index is 1870. The summed E-state index contributed by atoms with van der Waals surface area (Å²) in [6.45, 7) is 6.44. The Hall–Kier alpha value is -6.26. The standard InChI is InChI=1S/C40H56N10O7/c1-5-12-34(52)50-39(57)33(21-27-22-44-29-16-10-9-15-28(27)29)49-37(55)30(17-11-18-43-40(41)42)48-38(56)31(19-24(2)3)47-35(53)23-45-36(54)32(46-25(4)51)20-26-13-7-6-8-14-26/h6-10,13-16,22,24,30-33,44H,5,11-12,17-21,23H2,1-4H3,(H,45,54)(H,46,51)(H,47,53)(H,48,56)(H,49,55)(H4,41,42,43)(H,50,52,57)/t30-,31+,32+,33+/m1/s1. The van der Waals surface area contributed by atoms with Crippen LogP contribution in [0.2, 0.25) is 0 Å². The van der Waals surface area contributed by atoms with E-state index in [1.807, 2.05) is 56.3 Å². The third kappa shape index (κ3) is 15.8. The number of carbonyl (C=O) groups excluding carboxylic acids is 7. The van der Waals surface area contributed by atoms with E-state index < -0.39 is 72.1 Å². The van der Waals surface area contributed by atoms with E-state index in [0.717, 1.165) is 22.0 Å².